The standard InChI is InChI=1S/C16H26N4O/c1-13(2)20-9-3-4-15(12-20)11-19-16(21)18-10-14-5-7-17-8-6-14/h5-8,13,15H,3-4,9-12H2,1-2H3,(H2,18,19,21). The van der Waals surface area contributed by atoms with Gasteiger partial charge in [0.15, 0.2) is 0 Å². The van der Waals surface area contributed by atoms with Gasteiger partial charge in [0.1, 0.15) is 0 Å². The van der Waals surface area contributed by atoms with E-state index < -0.39 is 0 Å². The minimum absolute atomic E-state index is 0.0894. The molecule has 1 unspecified atom stereocenters. The zero-order valence-corrected chi connectivity index (χ0v) is 13.0. The van der Waals surface area contributed by atoms with Gasteiger partial charge in [-0.25, -0.2) is 4.79 Å². The Morgan fingerprint density at radius 2 is 2.14 bits per heavy atom. The molecule has 0 aliphatic carbocycles. The Morgan fingerprint density at radius 1 is 1.38 bits per heavy atom. The summed E-state index contributed by atoms with van der Waals surface area (Å²) >= 11 is 0. The summed E-state index contributed by atoms with van der Waals surface area (Å²) in [6, 6.07) is 4.31. The molecule has 0 saturated carbocycles. The van der Waals surface area contributed by atoms with Gasteiger partial charge in [-0.05, 0) is 56.8 Å². The Labute approximate surface area is 127 Å². The van der Waals surface area contributed by atoms with Gasteiger partial charge in [-0.2, -0.15) is 0 Å². The lowest BCUT2D eigenvalue weighted by atomic mass is 9.97. The van der Waals surface area contributed by atoms with E-state index in [1.54, 1.807) is 12.4 Å². The minimum atomic E-state index is -0.0894. The van der Waals surface area contributed by atoms with E-state index >= 15 is 0 Å². The predicted molar refractivity (Wildman–Crippen MR) is 83.9 cm³/mol. The molecule has 1 atom stereocenters. The Kier molecular flexibility index (Phi) is 5.99. The summed E-state index contributed by atoms with van der Waals surface area (Å²) in [7, 11) is 0. The fourth-order valence-electron chi connectivity index (χ4n) is 2.72. The van der Waals surface area contributed by atoms with Crippen LogP contribution in [0.25, 0.3) is 0 Å². The molecule has 21 heavy (non-hydrogen) atoms. The highest BCUT2D eigenvalue weighted by molar-refractivity contribution is 5.73. The molecule has 1 aliphatic rings. The molecule has 5 nitrogen and oxygen atoms in total. The maximum absolute atomic E-state index is 11.8. The first kappa shape index (κ1) is 15.8. The molecule has 2 heterocycles. The number of nitrogens with one attached hydrogen (secondary N) is 2. The van der Waals surface area contributed by atoms with E-state index in [2.05, 4.69) is 34.4 Å². The van der Waals surface area contributed by atoms with Crippen LogP contribution in [0.2, 0.25) is 0 Å². The van der Waals surface area contributed by atoms with Gasteiger partial charge in [0.05, 0.1) is 0 Å². The first-order valence-corrected chi connectivity index (χ1v) is 7.80. The van der Waals surface area contributed by atoms with Crippen LogP contribution >= 0.6 is 0 Å². The number of piperidine rings is 1. The van der Waals surface area contributed by atoms with E-state index in [1.807, 2.05) is 12.1 Å². The minimum Gasteiger partial charge on any atom is -0.338 e. The third-order valence-corrected chi connectivity index (χ3v) is 4.03. The van der Waals surface area contributed by atoms with Crippen molar-refractivity contribution in [2.45, 2.75) is 39.3 Å². The van der Waals surface area contributed by atoms with Gasteiger partial charge in [-0.1, -0.05) is 0 Å². The van der Waals surface area contributed by atoms with Gasteiger partial charge in [0, 0.05) is 38.1 Å². The molecule has 0 bridgehead atoms. The Morgan fingerprint density at radius 3 is 2.86 bits per heavy atom. The molecule has 2 amide bonds. The highest BCUT2D eigenvalue weighted by Gasteiger charge is 2.21. The lowest BCUT2D eigenvalue weighted by Gasteiger charge is -2.35. The third-order valence-electron chi connectivity index (χ3n) is 4.03. The van der Waals surface area contributed by atoms with Crippen molar-refractivity contribution in [2.24, 2.45) is 5.92 Å². The number of likely N-dealkylation sites (tertiary alicyclic amines) is 1. The first-order chi connectivity index (χ1) is 10.1. The number of carbonyl (C=O) groups is 1. The highest BCUT2D eigenvalue weighted by atomic mass is 16.2. The topological polar surface area (TPSA) is 57.3 Å². The summed E-state index contributed by atoms with van der Waals surface area (Å²) in [5, 5.41) is 5.87. The normalized spacial score (nSPS) is 19.5. The fourth-order valence-corrected chi connectivity index (χ4v) is 2.72. The number of amides is 2. The van der Waals surface area contributed by atoms with Gasteiger partial charge in [-0.15, -0.1) is 0 Å². The van der Waals surface area contributed by atoms with E-state index in [1.165, 1.54) is 19.4 Å². The van der Waals surface area contributed by atoms with Gasteiger partial charge in [0.2, 0.25) is 0 Å². The molecular weight excluding hydrogens is 264 g/mol. The number of hydrogen-bond acceptors (Lipinski definition) is 3. The van der Waals surface area contributed by atoms with E-state index in [4.69, 9.17) is 0 Å². The van der Waals surface area contributed by atoms with Crippen LogP contribution in [0.3, 0.4) is 0 Å². The Balaban J connectivity index is 1.67. The van der Waals surface area contributed by atoms with Gasteiger partial charge < -0.3 is 15.5 Å². The second kappa shape index (κ2) is 7.98. The Bertz CT molecular complexity index is 435. The molecule has 1 fully saturated rings. The van der Waals surface area contributed by atoms with Crippen molar-refractivity contribution in [3.8, 4) is 0 Å². The third kappa shape index (κ3) is 5.34. The first-order valence-electron chi connectivity index (χ1n) is 7.80. The summed E-state index contributed by atoms with van der Waals surface area (Å²) in [5.74, 6) is 0.563. The molecule has 0 aromatic carbocycles. The van der Waals surface area contributed by atoms with Crippen LogP contribution in [-0.2, 0) is 6.54 Å². The van der Waals surface area contributed by atoms with Crippen LogP contribution in [0.15, 0.2) is 24.5 Å². The fraction of sp³-hybridized carbons (Fsp3) is 0.625. The van der Waals surface area contributed by atoms with E-state index in [0.717, 1.165) is 18.7 Å². The van der Waals surface area contributed by atoms with E-state index in [-0.39, 0.29) is 6.03 Å². The van der Waals surface area contributed by atoms with Crippen molar-refractivity contribution in [1.29, 1.82) is 0 Å². The second-order valence-corrected chi connectivity index (χ2v) is 6.02. The number of pyridine rings is 1. The zero-order chi connectivity index (χ0) is 15.1. The Hall–Kier alpha value is -1.62. The quantitative estimate of drug-likeness (QED) is 0.872. The number of rotatable bonds is 5. The molecule has 1 aliphatic heterocycles. The van der Waals surface area contributed by atoms with E-state index in [9.17, 15) is 4.79 Å². The molecule has 1 aromatic rings. The number of aromatic nitrogens is 1. The maximum Gasteiger partial charge on any atom is 0.315 e. The van der Waals surface area contributed by atoms with Crippen LogP contribution in [0.1, 0.15) is 32.3 Å². The SMILES string of the molecule is CC(C)N1CCCC(CNC(=O)NCc2ccncc2)C1. The molecular formula is C16H26N4O. The van der Waals surface area contributed by atoms with Crippen LogP contribution < -0.4 is 10.6 Å². The average Bonchev–Trinajstić information content (AvgIpc) is 2.52. The van der Waals surface area contributed by atoms with Crippen LogP contribution in [0, 0.1) is 5.92 Å². The van der Waals surface area contributed by atoms with Crippen molar-refractivity contribution in [2.75, 3.05) is 19.6 Å². The number of urea groups is 1. The van der Waals surface area contributed by atoms with Gasteiger partial charge in [-0.3, -0.25) is 4.98 Å². The number of carbonyl (C=O) groups excluding carboxylic acids is 1. The van der Waals surface area contributed by atoms with Crippen molar-refractivity contribution < 1.29 is 4.79 Å². The molecule has 2 N–H and O–H groups in total. The van der Waals surface area contributed by atoms with Crippen molar-refractivity contribution in [3.63, 3.8) is 0 Å². The summed E-state index contributed by atoms with van der Waals surface area (Å²) in [4.78, 5) is 18.3. The average molecular weight is 290 g/mol. The summed E-state index contributed by atoms with van der Waals surface area (Å²) in [6.45, 7) is 8.03. The maximum atomic E-state index is 11.8. The van der Waals surface area contributed by atoms with Crippen molar-refractivity contribution in [1.82, 2.24) is 20.5 Å². The van der Waals surface area contributed by atoms with Crippen molar-refractivity contribution in [3.05, 3.63) is 30.1 Å². The summed E-state index contributed by atoms with van der Waals surface area (Å²) in [5.41, 5.74) is 1.06. The van der Waals surface area contributed by atoms with Gasteiger partial charge in [0.25, 0.3) is 0 Å². The molecule has 5 heteroatoms. The molecule has 0 radical (unpaired) electrons. The highest BCUT2D eigenvalue weighted by Crippen LogP contribution is 2.17. The second-order valence-electron chi connectivity index (χ2n) is 6.02. The van der Waals surface area contributed by atoms with Gasteiger partial charge >= 0.3 is 6.03 Å². The van der Waals surface area contributed by atoms with Crippen LogP contribution in [0.4, 0.5) is 4.79 Å². The summed E-state index contributed by atoms with van der Waals surface area (Å²) < 4.78 is 0. The molecule has 1 aromatic heterocycles. The smallest absolute Gasteiger partial charge is 0.315 e. The molecule has 2 rings (SSSR count). The van der Waals surface area contributed by atoms with Crippen LogP contribution in [0.5, 0.6) is 0 Å². The van der Waals surface area contributed by atoms with Crippen LogP contribution in [-0.4, -0.2) is 41.6 Å². The largest absolute Gasteiger partial charge is 0.338 e. The molecule has 1 saturated heterocycles. The summed E-state index contributed by atoms with van der Waals surface area (Å²) in [6.07, 6.45) is 5.89. The molecule has 116 valence electrons. The number of nitrogens with zero attached hydrogens (tertiary/aromatic N) is 2. The van der Waals surface area contributed by atoms with E-state index in [0.29, 0.717) is 18.5 Å². The van der Waals surface area contributed by atoms with Crippen molar-refractivity contribution >= 4 is 6.03 Å². The molecule has 0 spiro atoms. The lowest BCUT2D eigenvalue weighted by molar-refractivity contribution is 0.139. The monoisotopic (exact) mass is 290 g/mol. The number of hydrogen-bond donors (Lipinski definition) is 2. The zero-order valence-electron chi connectivity index (χ0n) is 13.0. The predicted octanol–water partition coefficient (Wildman–Crippen LogP) is 2.00. The lowest BCUT2D eigenvalue weighted by Crippen LogP contribution is -2.45.